The summed E-state index contributed by atoms with van der Waals surface area (Å²) in [5, 5.41) is 7.09. The average molecular weight is 274 g/mol. The van der Waals surface area contributed by atoms with Crippen LogP contribution >= 0.6 is 0 Å². The molecular weight excluding hydrogens is 252 g/mol. The van der Waals surface area contributed by atoms with Crippen LogP contribution in [0.2, 0.25) is 0 Å². The Labute approximate surface area is 109 Å². The molecule has 18 heavy (non-hydrogen) atoms. The second-order valence-corrected chi connectivity index (χ2v) is 6.23. The molecule has 0 aromatic carbocycles. The number of unbranched alkanes of at least 4 members (excludes halogenated alkanes) is 1. The van der Waals surface area contributed by atoms with Crippen LogP contribution in [-0.4, -0.2) is 44.1 Å². The molecule has 0 aliphatic carbocycles. The van der Waals surface area contributed by atoms with Gasteiger partial charge in [-0.05, 0) is 38.9 Å². The zero-order valence-electron chi connectivity index (χ0n) is 11.0. The van der Waals surface area contributed by atoms with E-state index in [1.54, 1.807) is 10.9 Å². The molecule has 1 heterocycles. The largest absolute Gasteiger partial charge is 0.320 e. The normalized spacial score (nSPS) is 11.9. The SMILES string of the molecule is CNCCCCS(=O)(=O)NCCn1cc(C)cn1. The van der Waals surface area contributed by atoms with E-state index < -0.39 is 10.0 Å². The molecule has 0 amide bonds. The predicted octanol–water partition coefficient (Wildman–Crippen LogP) is 0.111. The first-order valence-corrected chi connectivity index (χ1v) is 7.80. The van der Waals surface area contributed by atoms with E-state index in [9.17, 15) is 8.42 Å². The van der Waals surface area contributed by atoms with Crippen LogP contribution in [0.15, 0.2) is 12.4 Å². The van der Waals surface area contributed by atoms with E-state index >= 15 is 0 Å². The topological polar surface area (TPSA) is 76.0 Å². The monoisotopic (exact) mass is 274 g/mol. The van der Waals surface area contributed by atoms with Gasteiger partial charge in [-0.1, -0.05) is 0 Å². The van der Waals surface area contributed by atoms with Crippen LogP contribution in [0.1, 0.15) is 18.4 Å². The van der Waals surface area contributed by atoms with Gasteiger partial charge in [-0.25, -0.2) is 13.1 Å². The number of aromatic nitrogens is 2. The Morgan fingerprint density at radius 1 is 1.33 bits per heavy atom. The fraction of sp³-hybridized carbons (Fsp3) is 0.727. The van der Waals surface area contributed by atoms with E-state index in [0.717, 1.165) is 18.5 Å². The molecule has 6 nitrogen and oxygen atoms in total. The van der Waals surface area contributed by atoms with Crippen molar-refractivity contribution in [2.24, 2.45) is 0 Å². The average Bonchev–Trinajstić information content (AvgIpc) is 2.70. The molecule has 0 spiro atoms. The van der Waals surface area contributed by atoms with Crippen LogP contribution in [0, 0.1) is 6.92 Å². The van der Waals surface area contributed by atoms with Crippen molar-refractivity contribution in [2.45, 2.75) is 26.3 Å². The summed E-state index contributed by atoms with van der Waals surface area (Å²) < 4.78 is 27.6. The summed E-state index contributed by atoms with van der Waals surface area (Å²) in [6.07, 6.45) is 5.19. The van der Waals surface area contributed by atoms with Crippen molar-refractivity contribution in [3.8, 4) is 0 Å². The summed E-state index contributed by atoms with van der Waals surface area (Å²) in [6.45, 7) is 3.75. The van der Waals surface area contributed by atoms with Gasteiger partial charge in [0.15, 0.2) is 0 Å². The van der Waals surface area contributed by atoms with E-state index in [2.05, 4.69) is 15.1 Å². The van der Waals surface area contributed by atoms with Gasteiger partial charge in [-0.2, -0.15) is 5.10 Å². The Balaban J connectivity index is 2.20. The first-order chi connectivity index (χ1) is 8.53. The molecule has 104 valence electrons. The minimum Gasteiger partial charge on any atom is -0.320 e. The first kappa shape index (κ1) is 15.1. The Hall–Kier alpha value is -0.920. The third kappa shape index (κ3) is 6.13. The van der Waals surface area contributed by atoms with Crippen LogP contribution in [-0.2, 0) is 16.6 Å². The Bertz CT molecular complexity index is 442. The fourth-order valence-corrected chi connectivity index (χ4v) is 2.70. The molecule has 1 rings (SSSR count). The second-order valence-electron chi connectivity index (χ2n) is 4.30. The minimum atomic E-state index is -3.14. The van der Waals surface area contributed by atoms with Gasteiger partial charge in [-0.15, -0.1) is 0 Å². The van der Waals surface area contributed by atoms with Crippen molar-refractivity contribution in [1.29, 1.82) is 0 Å². The molecule has 2 N–H and O–H groups in total. The van der Waals surface area contributed by atoms with Gasteiger partial charge in [0, 0.05) is 12.7 Å². The number of nitrogens with one attached hydrogen (secondary N) is 2. The molecule has 0 saturated heterocycles. The molecule has 0 aliphatic rings. The molecule has 0 bridgehead atoms. The Morgan fingerprint density at radius 2 is 2.11 bits per heavy atom. The van der Waals surface area contributed by atoms with Crippen molar-refractivity contribution >= 4 is 10.0 Å². The quantitative estimate of drug-likeness (QED) is 0.627. The lowest BCUT2D eigenvalue weighted by Crippen LogP contribution is -2.30. The highest BCUT2D eigenvalue weighted by molar-refractivity contribution is 7.89. The molecule has 0 atom stereocenters. The van der Waals surface area contributed by atoms with Crippen molar-refractivity contribution in [3.63, 3.8) is 0 Å². The lowest BCUT2D eigenvalue weighted by Gasteiger charge is -2.06. The number of hydrogen-bond acceptors (Lipinski definition) is 4. The van der Waals surface area contributed by atoms with Gasteiger partial charge >= 0.3 is 0 Å². The molecule has 1 aromatic heterocycles. The highest BCUT2D eigenvalue weighted by atomic mass is 32.2. The molecule has 0 radical (unpaired) electrons. The number of nitrogens with zero attached hydrogens (tertiary/aromatic N) is 2. The van der Waals surface area contributed by atoms with Crippen molar-refractivity contribution < 1.29 is 8.42 Å². The highest BCUT2D eigenvalue weighted by Crippen LogP contribution is 1.95. The number of hydrogen-bond donors (Lipinski definition) is 2. The van der Waals surface area contributed by atoms with Gasteiger partial charge in [0.25, 0.3) is 0 Å². The lowest BCUT2D eigenvalue weighted by atomic mass is 10.3. The van der Waals surface area contributed by atoms with Gasteiger partial charge < -0.3 is 5.32 Å². The first-order valence-electron chi connectivity index (χ1n) is 6.14. The summed E-state index contributed by atoms with van der Waals surface area (Å²) in [5.74, 6) is 0.187. The zero-order valence-corrected chi connectivity index (χ0v) is 11.8. The van der Waals surface area contributed by atoms with Gasteiger partial charge in [-0.3, -0.25) is 4.68 Å². The standard InChI is InChI=1S/C11H22N4O2S/c1-11-9-13-15(10-11)7-6-14-18(16,17)8-4-3-5-12-2/h9-10,12,14H,3-8H2,1-2H3. The second kappa shape index (κ2) is 7.50. The van der Waals surface area contributed by atoms with Crippen LogP contribution in [0.5, 0.6) is 0 Å². The maximum Gasteiger partial charge on any atom is 0.211 e. The molecule has 0 fully saturated rings. The smallest absolute Gasteiger partial charge is 0.211 e. The Morgan fingerprint density at radius 3 is 2.72 bits per heavy atom. The number of aryl methyl sites for hydroxylation is 1. The molecule has 7 heteroatoms. The van der Waals surface area contributed by atoms with Crippen molar-refractivity contribution in [1.82, 2.24) is 19.8 Å². The summed E-state index contributed by atoms with van der Waals surface area (Å²) in [6, 6.07) is 0. The molecular formula is C11H22N4O2S. The predicted molar refractivity (Wildman–Crippen MR) is 71.9 cm³/mol. The summed E-state index contributed by atoms with van der Waals surface area (Å²) in [5.41, 5.74) is 1.07. The third-order valence-corrected chi connectivity index (χ3v) is 3.99. The van der Waals surface area contributed by atoms with Gasteiger partial charge in [0.05, 0.1) is 18.5 Å². The van der Waals surface area contributed by atoms with E-state index in [-0.39, 0.29) is 5.75 Å². The minimum absolute atomic E-state index is 0.187. The zero-order chi connectivity index (χ0) is 13.4. The van der Waals surface area contributed by atoms with Crippen LogP contribution in [0.3, 0.4) is 0 Å². The molecule has 0 aliphatic heterocycles. The molecule has 0 saturated carbocycles. The maximum absolute atomic E-state index is 11.6. The molecule has 0 unspecified atom stereocenters. The third-order valence-electron chi connectivity index (χ3n) is 2.52. The van der Waals surface area contributed by atoms with Crippen molar-refractivity contribution in [2.75, 3.05) is 25.9 Å². The number of rotatable bonds is 9. The van der Waals surface area contributed by atoms with Crippen LogP contribution in [0.25, 0.3) is 0 Å². The van der Waals surface area contributed by atoms with E-state index in [1.807, 2.05) is 20.2 Å². The summed E-state index contributed by atoms with van der Waals surface area (Å²) in [7, 11) is -1.28. The van der Waals surface area contributed by atoms with E-state index in [4.69, 9.17) is 0 Å². The summed E-state index contributed by atoms with van der Waals surface area (Å²) in [4.78, 5) is 0. The number of sulfonamides is 1. The van der Waals surface area contributed by atoms with E-state index in [1.165, 1.54) is 0 Å². The van der Waals surface area contributed by atoms with Gasteiger partial charge in [0.1, 0.15) is 0 Å². The molecule has 1 aromatic rings. The highest BCUT2D eigenvalue weighted by Gasteiger charge is 2.08. The summed E-state index contributed by atoms with van der Waals surface area (Å²) >= 11 is 0. The van der Waals surface area contributed by atoms with Crippen LogP contribution in [0.4, 0.5) is 0 Å². The van der Waals surface area contributed by atoms with Crippen molar-refractivity contribution in [3.05, 3.63) is 18.0 Å². The maximum atomic E-state index is 11.6. The van der Waals surface area contributed by atoms with Crippen LogP contribution < -0.4 is 10.0 Å². The Kier molecular flexibility index (Phi) is 6.31. The fourth-order valence-electron chi connectivity index (χ4n) is 1.57. The van der Waals surface area contributed by atoms with E-state index in [0.29, 0.717) is 19.5 Å². The lowest BCUT2D eigenvalue weighted by molar-refractivity contribution is 0.557. The van der Waals surface area contributed by atoms with Gasteiger partial charge in [0.2, 0.25) is 10.0 Å².